The number of nitrogens with zero attached hydrogens (tertiary/aromatic N) is 3. The lowest BCUT2D eigenvalue weighted by atomic mass is 10.3. The van der Waals surface area contributed by atoms with Gasteiger partial charge in [0.2, 0.25) is 5.95 Å². The van der Waals surface area contributed by atoms with Crippen molar-refractivity contribution in [3.05, 3.63) is 16.3 Å². The first-order valence-corrected chi connectivity index (χ1v) is 6.41. The Bertz CT molecular complexity index is 438. The molecule has 1 aliphatic rings. The van der Waals surface area contributed by atoms with Crippen molar-refractivity contribution in [2.24, 2.45) is 5.84 Å². The molecule has 2 heterocycles. The van der Waals surface area contributed by atoms with E-state index in [1.54, 1.807) is 0 Å². The number of nitrogens with two attached hydrogens (primary N) is 1. The highest BCUT2D eigenvalue weighted by molar-refractivity contribution is 7.99. The predicted molar refractivity (Wildman–Crippen MR) is 66.2 cm³/mol. The number of nitro groups is 1. The summed E-state index contributed by atoms with van der Waals surface area (Å²) < 4.78 is 5.46. The third kappa shape index (κ3) is 3.06. The first-order chi connectivity index (χ1) is 8.70. The SMILES string of the molecule is NNc1ncc([N+](=O)[O-])c(SCC2CCCO2)n1. The van der Waals surface area contributed by atoms with Crippen molar-refractivity contribution < 1.29 is 9.66 Å². The van der Waals surface area contributed by atoms with Crippen molar-refractivity contribution in [2.75, 3.05) is 17.8 Å². The summed E-state index contributed by atoms with van der Waals surface area (Å²) in [6.45, 7) is 0.757. The number of rotatable bonds is 5. The highest BCUT2D eigenvalue weighted by Crippen LogP contribution is 2.29. The summed E-state index contributed by atoms with van der Waals surface area (Å²) in [6, 6.07) is 0. The average Bonchev–Trinajstić information content (AvgIpc) is 2.88. The Hall–Kier alpha value is -1.45. The van der Waals surface area contributed by atoms with E-state index < -0.39 is 4.92 Å². The molecule has 0 bridgehead atoms. The maximum atomic E-state index is 10.8. The molecule has 1 fully saturated rings. The van der Waals surface area contributed by atoms with Crippen LogP contribution in [-0.2, 0) is 4.74 Å². The Labute approximate surface area is 107 Å². The molecule has 1 aromatic heterocycles. The number of hydrogen-bond donors (Lipinski definition) is 2. The highest BCUT2D eigenvalue weighted by atomic mass is 32.2. The minimum Gasteiger partial charge on any atom is -0.377 e. The summed E-state index contributed by atoms with van der Waals surface area (Å²) in [6.07, 6.45) is 3.31. The molecule has 1 aromatic rings. The van der Waals surface area contributed by atoms with Crippen LogP contribution in [0.1, 0.15) is 12.8 Å². The molecular formula is C9H13N5O3S. The Morgan fingerprint density at radius 2 is 2.56 bits per heavy atom. The predicted octanol–water partition coefficient (Wildman–Crippen LogP) is 0.941. The minimum atomic E-state index is -0.502. The Morgan fingerprint density at radius 3 is 3.17 bits per heavy atom. The fourth-order valence-corrected chi connectivity index (χ4v) is 2.64. The summed E-state index contributed by atoms with van der Waals surface area (Å²) in [5.41, 5.74) is 2.16. The fraction of sp³-hybridized carbons (Fsp3) is 0.556. The van der Waals surface area contributed by atoms with Crippen molar-refractivity contribution >= 4 is 23.4 Å². The molecule has 0 amide bonds. The molecule has 1 atom stereocenters. The maximum absolute atomic E-state index is 10.8. The third-order valence-electron chi connectivity index (χ3n) is 2.49. The molecule has 0 saturated carbocycles. The number of nitrogen functional groups attached to an aromatic ring is 1. The lowest BCUT2D eigenvalue weighted by molar-refractivity contribution is -0.388. The zero-order valence-electron chi connectivity index (χ0n) is 9.54. The van der Waals surface area contributed by atoms with Crippen LogP contribution in [0.25, 0.3) is 0 Å². The van der Waals surface area contributed by atoms with Gasteiger partial charge in [0.15, 0.2) is 5.03 Å². The van der Waals surface area contributed by atoms with Gasteiger partial charge >= 0.3 is 5.69 Å². The van der Waals surface area contributed by atoms with E-state index in [1.165, 1.54) is 11.8 Å². The molecule has 1 saturated heterocycles. The van der Waals surface area contributed by atoms with Crippen LogP contribution in [0.2, 0.25) is 0 Å². The molecule has 8 nitrogen and oxygen atoms in total. The van der Waals surface area contributed by atoms with E-state index in [1.807, 2.05) is 0 Å². The average molecular weight is 271 g/mol. The van der Waals surface area contributed by atoms with Gasteiger partial charge in [-0.25, -0.2) is 10.8 Å². The molecule has 98 valence electrons. The van der Waals surface area contributed by atoms with Gasteiger partial charge in [-0.15, -0.1) is 0 Å². The highest BCUT2D eigenvalue weighted by Gasteiger charge is 2.21. The van der Waals surface area contributed by atoms with Crippen molar-refractivity contribution in [3.63, 3.8) is 0 Å². The van der Waals surface area contributed by atoms with Gasteiger partial charge in [0, 0.05) is 12.4 Å². The van der Waals surface area contributed by atoms with Crippen LogP contribution < -0.4 is 11.3 Å². The third-order valence-corrected chi connectivity index (χ3v) is 3.60. The molecule has 1 unspecified atom stereocenters. The number of ether oxygens (including phenoxy) is 1. The van der Waals surface area contributed by atoms with Crippen LogP contribution in [0.5, 0.6) is 0 Å². The fourth-order valence-electron chi connectivity index (χ4n) is 1.61. The second-order valence-corrected chi connectivity index (χ2v) is 4.74. The smallest absolute Gasteiger partial charge is 0.319 e. The molecule has 9 heteroatoms. The molecule has 2 rings (SSSR count). The van der Waals surface area contributed by atoms with Gasteiger partial charge in [-0.2, -0.15) is 4.98 Å². The van der Waals surface area contributed by atoms with Crippen molar-refractivity contribution in [2.45, 2.75) is 24.0 Å². The second-order valence-electron chi connectivity index (χ2n) is 3.73. The van der Waals surface area contributed by atoms with Gasteiger partial charge in [-0.05, 0) is 12.8 Å². The van der Waals surface area contributed by atoms with Crippen LogP contribution in [0.4, 0.5) is 11.6 Å². The standard InChI is InChI=1S/C9H13N5O3S/c10-13-9-11-4-7(14(15)16)8(12-9)18-5-6-2-1-3-17-6/h4,6H,1-3,5,10H2,(H,11,12,13). The Balaban J connectivity index is 2.10. The van der Waals surface area contributed by atoms with Crippen LogP contribution >= 0.6 is 11.8 Å². The number of hydrazine groups is 1. The molecule has 0 radical (unpaired) electrons. The van der Waals surface area contributed by atoms with Gasteiger partial charge in [0.1, 0.15) is 6.20 Å². The number of anilines is 1. The van der Waals surface area contributed by atoms with E-state index in [2.05, 4.69) is 15.4 Å². The quantitative estimate of drug-likeness (QED) is 0.267. The first-order valence-electron chi connectivity index (χ1n) is 5.43. The Kier molecular flexibility index (Phi) is 4.28. The van der Waals surface area contributed by atoms with Crippen LogP contribution in [0, 0.1) is 10.1 Å². The van der Waals surface area contributed by atoms with Crippen molar-refractivity contribution in [1.82, 2.24) is 9.97 Å². The number of aromatic nitrogens is 2. The number of hydrogen-bond acceptors (Lipinski definition) is 8. The zero-order chi connectivity index (χ0) is 13.0. The monoisotopic (exact) mass is 271 g/mol. The van der Waals surface area contributed by atoms with Crippen LogP contribution in [-0.4, -0.2) is 33.4 Å². The molecule has 0 aliphatic carbocycles. The zero-order valence-corrected chi connectivity index (χ0v) is 10.4. The summed E-state index contributed by atoms with van der Waals surface area (Å²) in [5.74, 6) is 5.99. The van der Waals surface area contributed by atoms with Crippen molar-refractivity contribution in [1.29, 1.82) is 0 Å². The summed E-state index contributed by atoms with van der Waals surface area (Å²) >= 11 is 1.29. The van der Waals surface area contributed by atoms with E-state index in [0.717, 1.165) is 25.6 Å². The van der Waals surface area contributed by atoms with Gasteiger partial charge in [-0.1, -0.05) is 11.8 Å². The summed E-state index contributed by atoms with van der Waals surface area (Å²) in [4.78, 5) is 18.1. The minimum absolute atomic E-state index is 0.114. The maximum Gasteiger partial charge on any atom is 0.319 e. The molecule has 0 aromatic carbocycles. The lowest BCUT2D eigenvalue weighted by Crippen LogP contribution is -2.12. The normalized spacial score (nSPS) is 18.8. The summed E-state index contributed by atoms with van der Waals surface area (Å²) in [7, 11) is 0. The van der Waals surface area contributed by atoms with E-state index in [-0.39, 0.29) is 17.7 Å². The first kappa shape index (κ1) is 13.0. The molecule has 18 heavy (non-hydrogen) atoms. The molecule has 0 spiro atoms. The molecule has 3 N–H and O–H groups in total. The Morgan fingerprint density at radius 1 is 1.72 bits per heavy atom. The van der Waals surface area contributed by atoms with E-state index in [4.69, 9.17) is 10.6 Å². The summed E-state index contributed by atoms with van der Waals surface area (Å²) in [5, 5.41) is 11.2. The van der Waals surface area contributed by atoms with Crippen LogP contribution in [0.15, 0.2) is 11.2 Å². The van der Waals surface area contributed by atoms with Gasteiger partial charge in [0.05, 0.1) is 11.0 Å². The lowest BCUT2D eigenvalue weighted by Gasteiger charge is -2.08. The number of thioether (sulfide) groups is 1. The van der Waals surface area contributed by atoms with Gasteiger partial charge in [0.25, 0.3) is 0 Å². The van der Waals surface area contributed by atoms with Gasteiger partial charge < -0.3 is 4.74 Å². The molecular weight excluding hydrogens is 258 g/mol. The molecule has 1 aliphatic heterocycles. The topological polar surface area (TPSA) is 116 Å². The van der Waals surface area contributed by atoms with Crippen molar-refractivity contribution in [3.8, 4) is 0 Å². The van der Waals surface area contributed by atoms with E-state index >= 15 is 0 Å². The van der Waals surface area contributed by atoms with Gasteiger partial charge in [-0.3, -0.25) is 15.5 Å². The van der Waals surface area contributed by atoms with E-state index in [9.17, 15) is 10.1 Å². The van der Waals surface area contributed by atoms with E-state index in [0.29, 0.717) is 10.8 Å². The largest absolute Gasteiger partial charge is 0.377 e. The number of nitrogens with one attached hydrogen (secondary N) is 1. The van der Waals surface area contributed by atoms with Crippen LogP contribution in [0.3, 0.4) is 0 Å². The second kappa shape index (κ2) is 5.94.